The van der Waals surface area contributed by atoms with E-state index in [4.69, 9.17) is 5.10 Å². The lowest BCUT2D eigenvalue weighted by Crippen LogP contribution is -2.34. The van der Waals surface area contributed by atoms with Crippen LogP contribution in [0.3, 0.4) is 0 Å². The second-order valence-electron chi connectivity index (χ2n) is 5.82. The number of aryl methyl sites for hydroxylation is 1. The molecule has 0 saturated heterocycles. The quantitative estimate of drug-likeness (QED) is 0.519. The Bertz CT molecular complexity index is 961. The molecule has 0 unspecified atom stereocenters. The first-order valence-electron chi connectivity index (χ1n) is 8.17. The lowest BCUT2D eigenvalue weighted by Gasteiger charge is -1.97. The highest BCUT2D eigenvalue weighted by molar-refractivity contribution is 7.18. The molecule has 0 aliphatic rings. The molecule has 3 nitrogen and oxygen atoms in total. The number of nitrogens with one attached hydrogen (secondary N) is 1. The third-order valence-corrected chi connectivity index (χ3v) is 4.88. The standard InChI is InChI=1S/C21H18N3S/c1-16-12-14-17(15-13-16)20-24(19-10-6-3-7-11-19)23-21(25-20)22-18-8-4-2-5-9-18/h2-15H,1H3,(H,22,23)/q+1. The zero-order chi connectivity index (χ0) is 17.1. The maximum atomic E-state index is 4.80. The van der Waals surface area contributed by atoms with E-state index in [0.29, 0.717) is 0 Å². The van der Waals surface area contributed by atoms with Gasteiger partial charge in [-0.2, -0.15) is 0 Å². The molecule has 0 aliphatic heterocycles. The van der Waals surface area contributed by atoms with Gasteiger partial charge in [-0.05, 0) is 47.2 Å². The van der Waals surface area contributed by atoms with Crippen LogP contribution >= 0.6 is 11.3 Å². The molecular formula is C21H18N3S+. The van der Waals surface area contributed by atoms with E-state index >= 15 is 0 Å². The van der Waals surface area contributed by atoms with Crippen LogP contribution in [0, 0.1) is 6.92 Å². The van der Waals surface area contributed by atoms with Crippen molar-refractivity contribution in [2.24, 2.45) is 0 Å². The number of anilines is 2. The van der Waals surface area contributed by atoms with Gasteiger partial charge in [0, 0.05) is 22.9 Å². The zero-order valence-electron chi connectivity index (χ0n) is 13.9. The highest BCUT2D eigenvalue weighted by Crippen LogP contribution is 2.28. The van der Waals surface area contributed by atoms with Crippen molar-refractivity contribution in [3.63, 3.8) is 0 Å². The number of benzene rings is 3. The molecule has 4 aromatic rings. The summed E-state index contributed by atoms with van der Waals surface area (Å²) < 4.78 is 2.00. The molecule has 0 atom stereocenters. The first kappa shape index (κ1) is 15.5. The van der Waals surface area contributed by atoms with Gasteiger partial charge >= 0.3 is 5.01 Å². The monoisotopic (exact) mass is 344 g/mol. The topological polar surface area (TPSA) is 28.8 Å². The van der Waals surface area contributed by atoms with Crippen molar-refractivity contribution in [3.8, 4) is 16.3 Å². The van der Waals surface area contributed by atoms with Gasteiger partial charge in [0.2, 0.25) is 5.69 Å². The lowest BCUT2D eigenvalue weighted by atomic mass is 10.1. The van der Waals surface area contributed by atoms with Crippen molar-refractivity contribution in [1.82, 2.24) is 5.10 Å². The molecule has 1 aromatic heterocycles. The molecule has 0 spiro atoms. The van der Waals surface area contributed by atoms with Crippen molar-refractivity contribution < 1.29 is 4.68 Å². The molecule has 0 aliphatic carbocycles. The molecule has 4 heteroatoms. The maximum Gasteiger partial charge on any atom is 0.304 e. The largest absolute Gasteiger partial charge is 0.327 e. The Morgan fingerprint density at radius 2 is 1.44 bits per heavy atom. The highest BCUT2D eigenvalue weighted by atomic mass is 32.1. The molecule has 0 amide bonds. The molecule has 0 saturated carbocycles. The van der Waals surface area contributed by atoms with E-state index < -0.39 is 0 Å². The fraction of sp³-hybridized carbons (Fsp3) is 0.0476. The van der Waals surface area contributed by atoms with Gasteiger partial charge in [-0.15, -0.1) is 0 Å². The van der Waals surface area contributed by atoms with Gasteiger partial charge in [0.15, 0.2) is 0 Å². The minimum Gasteiger partial charge on any atom is -0.327 e. The van der Waals surface area contributed by atoms with Crippen molar-refractivity contribution >= 4 is 22.2 Å². The number of hydrogen-bond donors (Lipinski definition) is 1. The number of para-hydroxylation sites is 2. The van der Waals surface area contributed by atoms with E-state index in [0.717, 1.165) is 27.1 Å². The minimum atomic E-state index is 0.866. The van der Waals surface area contributed by atoms with E-state index in [1.54, 1.807) is 11.3 Å². The van der Waals surface area contributed by atoms with Gasteiger partial charge in [0.1, 0.15) is 0 Å². The summed E-state index contributed by atoms with van der Waals surface area (Å²) in [4.78, 5) is 0. The Morgan fingerprint density at radius 3 is 2.12 bits per heavy atom. The maximum absolute atomic E-state index is 4.80. The normalized spacial score (nSPS) is 10.6. The summed E-state index contributed by atoms with van der Waals surface area (Å²) in [7, 11) is 0. The summed E-state index contributed by atoms with van der Waals surface area (Å²) in [5.74, 6) is 0. The van der Waals surface area contributed by atoms with Crippen molar-refractivity contribution in [3.05, 3.63) is 90.5 Å². The Hall–Kier alpha value is -2.98. The Kier molecular flexibility index (Phi) is 4.27. The van der Waals surface area contributed by atoms with E-state index in [2.05, 4.69) is 48.6 Å². The van der Waals surface area contributed by atoms with Crippen LogP contribution in [0.2, 0.25) is 0 Å². The van der Waals surface area contributed by atoms with Gasteiger partial charge in [-0.1, -0.05) is 54.1 Å². The van der Waals surface area contributed by atoms with E-state index in [1.807, 2.05) is 53.2 Å². The van der Waals surface area contributed by atoms with Gasteiger partial charge < -0.3 is 5.32 Å². The first-order chi connectivity index (χ1) is 12.3. The van der Waals surface area contributed by atoms with Gasteiger partial charge in [0.05, 0.1) is 5.56 Å². The van der Waals surface area contributed by atoms with Gasteiger partial charge in [-0.3, -0.25) is 0 Å². The molecule has 122 valence electrons. The summed E-state index contributed by atoms with van der Waals surface area (Å²) in [5, 5.41) is 10.2. The molecule has 4 rings (SSSR count). The Balaban J connectivity index is 1.79. The Labute approximate surface area is 151 Å². The van der Waals surface area contributed by atoms with Gasteiger partial charge in [0.25, 0.3) is 5.13 Å². The van der Waals surface area contributed by atoms with E-state index in [1.165, 1.54) is 5.56 Å². The summed E-state index contributed by atoms with van der Waals surface area (Å²) in [6, 6.07) is 28.9. The van der Waals surface area contributed by atoms with E-state index in [-0.39, 0.29) is 0 Å². The third-order valence-electron chi connectivity index (χ3n) is 3.90. The molecule has 0 bridgehead atoms. The second kappa shape index (κ2) is 6.87. The smallest absolute Gasteiger partial charge is 0.304 e. The van der Waals surface area contributed by atoms with E-state index in [9.17, 15) is 0 Å². The summed E-state index contributed by atoms with van der Waals surface area (Å²) in [6.07, 6.45) is 0. The van der Waals surface area contributed by atoms with Crippen molar-refractivity contribution in [1.29, 1.82) is 0 Å². The zero-order valence-corrected chi connectivity index (χ0v) is 14.7. The average molecular weight is 344 g/mol. The van der Waals surface area contributed by atoms with Crippen LogP contribution in [0.5, 0.6) is 0 Å². The van der Waals surface area contributed by atoms with Crippen LogP contribution in [0.15, 0.2) is 84.9 Å². The number of rotatable bonds is 4. The Morgan fingerprint density at radius 1 is 0.800 bits per heavy atom. The summed E-state index contributed by atoms with van der Waals surface area (Å²) in [5.41, 5.74) is 4.50. The van der Waals surface area contributed by atoms with Crippen LogP contribution in [0.1, 0.15) is 5.56 Å². The molecule has 1 N–H and O–H groups in total. The molecule has 25 heavy (non-hydrogen) atoms. The first-order valence-corrected chi connectivity index (χ1v) is 8.99. The molecule has 1 heterocycles. The minimum absolute atomic E-state index is 0.866. The molecule has 0 fully saturated rings. The number of aromatic nitrogens is 2. The molecule has 3 aromatic carbocycles. The summed E-state index contributed by atoms with van der Waals surface area (Å²) in [6.45, 7) is 2.10. The third kappa shape index (κ3) is 3.44. The second-order valence-corrected chi connectivity index (χ2v) is 6.79. The van der Waals surface area contributed by atoms with Gasteiger partial charge in [-0.25, -0.2) is 0 Å². The summed E-state index contributed by atoms with van der Waals surface area (Å²) >= 11 is 1.65. The average Bonchev–Trinajstić information content (AvgIpc) is 3.08. The van der Waals surface area contributed by atoms with Crippen LogP contribution in [0.4, 0.5) is 10.8 Å². The molecular weight excluding hydrogens is 326 g/mol. The fourth-order valence-corrected chi connectivity index (χ4v) is 3.57. The van der Waals surface area contributed by atoms with Crippen molar-refractivity contribution in [2.45, 2.75) is 6.92 Å². The van der Waals surface area contributed by atoms with Crippen molar-refractivity contribution in [2.75, 3.05) is 5.32 Å². The fourth-order valence-electron chi connectivity index (χ4n) is 2.61. The van der Waals surface area contributed by atoms with Crippen LogP contribution < -0.4 is 10.00 Å². The van der Waals surface area contributed by atoms with Crippen LogP contribution in [-0.2, 0) is 0 Å². The predicted molar refractivity (Wildman–Crippen MR) is 104 cm³/mol. The van der Waals surface area contributed by atoms with Crippen LogP contribution in [0.25, 0.3) is 16.3 Å². The lowest BCUT2D eigenvalue weighted by molar-refractivity contribution is -0.642. The number of hydrogen-bond acceptors (Lipinski definition) is 3. The SMILES string of the molecule is Cc1ccc(-c2sc(Nc3ccccc3)n[n+]2-c2ccccc2)cc1. The highest BCUT2D eigenvalue weighted by Gasteiger charge is 2.24. The van der Waals surface area contributed by atoms with Crippen LogP contribution in [-0.4, -0.2) is 5.10 Å². The predicted octanol–water partition coefficient (Wildman–Crippen LogP) is 5.14. The number of nitrogens with zero attached hydrogens (tertiary/aromatic N) is 2. The molecule has 0 radical (unpaired) electrons.